The van der Waals surface area contributed by atoms with E-state index in [1.165, 1.54) is 0 Å². The van der Waals surface area contributed by atoms with E-state index in [1.807, 2.05) is 47.4 Å². The van der Waals surface area contributed by atoms with Crippen molar-refractivity contribution >= 4 is 45.5 Å². The summed E-state index contributed by atoms with van der Waals surface area (Å²) in [6.45, 7) is 2.39. The number of hydrogen-bond donors (Lipinski definition) is 0. The summed E-state index contributed by atoms with van der Waals surface area (Å²) >= 11 is 7.61. The Morgan fingerprint density at radius 2 is 1.94 bits per heavy atom. The summed E-state index contributed by atoms with van der Waals surface area (Å²) < 4.78 is 8.33. The molecule has 158 valence electrons. The van der Waals surface area contributed by atoms with Crippen LogP contribution >= 0.6 is 22.9 Å². The van der Waals surface area contributed by atoms with Crippen LogP contribution in [0.5, 0.6) is 0 Å². The average Bonchev–Trinajstić information content (AvgIpc) is 3.48. The van der Waals surface area contributed by atoms with Crippen LogP contribution < -0.4 is 4.80 Å². The Morgan fingerprint density at radius 1 is 1.10 bits per heavy atom. The smallest absolute Gasteiger partial charge is 0.222 e. The first-order valence-electron chi connectivity index (χ1n) is 10.4. The van der Waals surface area contributed by atoms with Crippen LogP contribution in [0.3, 0.4) is 0 Å². The molecule has 0 N–H and O–H groups in total. The van der Waals surface area contributed by atoms with Crippen molar-refractivity contribution in [1.82, 2.24) is 9.47 Å². The van der Waals surface area contributed by atoms with E-state index in [2.05, 4.69) is 22.1 Å². The fraction of sp³-hybridized carbons (Fsp3) is 0.250. The highest BCUT2D eigenvalue weighted by molar-refractivity contribution is 7.07. The van der Waals surface area contributed by atoms with Gasteiger partial charge in [-0.3, -0.25) is 4.79 Å². The number of furan rings is 1. The molecule has 1 aliphatic rings. The zero-order valence-corrected chi connectivity index (χ0v) is 18.5. The maximum Gasteiger partial charge on any atom is 0.222 e. The molecule has 2 aromatic carbocycles. The van der Waals surface area contributed by atoms with Gasteiger partial charge in [0.05, 0.1) is 11.4 Å². The van der Waals surface area contributed by atoms with Crippen molar-refractivity contribution in [3.63, 3.8) is 0 Å². The fourth-order valence-electron chi connectivity index (χ4n) is 3.93. The van der Waals surface area contributed by atoms with E-state index in [0.717, 1.165) is 65.4 Å². The van der Waals surface area contributed by atoms with Crippen molar-refractivity contribution in [2.24, 2.45) is 4.99 Å². The second-order valence-corrected chi connectivity index (χ2v) is 8.90. The Hall–Kier alpha value is -2.83. The summed E-state index contributed by atoms with van der Waals surface area (Å²) in [4.78, 5) is 19.7. The van der Waals surface area contributed by atoms with Crippen molar-refractivity contribution in [1.29, 1.82) is 0 Å². The number of carbonyl (C=O) groups excluding carboxylic acids is 1. The molecule has 0 aliphatic carbocycles. The van der Waals surface area contributed by atoms with E-state index >= 15 is 0 Å². The molecule has 0 radical (unpaired) electrons. The third-order valence-electron chi connectivity index (χ3n) is 5.51. The number of benzene rings is 2. The second kappa shape index (κ2) is 8.73. The van der Waals surface area contributed by atoms with Crippen LogP contribution in [0.4, 0.5) is 5.69 Å². The molecule has 0 saturated carbocycles. The maximum atomic E-state index is 12.0. The van der Waals surface area contributed by atoms with Crippen LogP contribution in [0, 0.1) is 0 Å². The quantitative estimate of drug-likeness (QED) is 0.368. The summed E-state index contributed by atoms with van der Waals surface area (Å²) in [6, 6.07) is 17.6. The van der Waals surface area contributed by atoms with Crippen LogP contribution in [0.2, 0.25) is 5.02 Å². The summed E-state index contributed by atoms with van der Waals surface area (Å²) in [6.07, 6.45) is 2.50. The summed E-state index contributed by atoms with van der Waals surface area (Å²) in [5.74, 6) is 1.09. The molecule has 4 aromatic rings. The first kappa shape index (κ1) is 20.1. The maximum absolute atomic E-state index is 12.0. The van der Waals surface area contributed by atoms with Crippen molar-refractivity contribution < 1.29 is 9.21 Å². The number of aromatic nitrogens is 1. The average molecular weight is 452 g/mol. The summed E-state index contributed by atoms with van der Waals surface area (Å²) in [5, 5.41) is 3.86. The van der Waals surface area contributed by atoms with Gasteiger partial charge < -0.3 is 13.9 Å². The van der Waals surface area contributed by atoms with Crippen molar-refractivity contribution in [3.05, 3.63) is 69.8 Å². The minimum absolute atomic E-state index is 0.263. The van der Waals surface area contributed by atoms with E-state index in [-0.39, 0.29) is 5.91 Å². The number of nitrogens with zero attached hydrogens (tertiary/aromatic N) is 3. The lowest BCUT2D eigenvalue weighted by Gasteiger charge is -2.16. The van der Waals surface area contributed by atoms with Gasteiger partial charge in [0.2, 0.25) is 5.91 Å². The molecule has 1 amide bonds. The van der Waals surface area contributed by atoms with Gasteiger partial charge in [-0.05, 0) is 49.2 Å². The van der Waals surface area contributed by atoms with Crippen LogP contribution in [-0.4, -0.2) is 28.5 Å². The third-order valence-corrected chi connectivity index (χ3v) is 6.62. The Morgan fingerprint density at radius 3 is 2.71 bits per heavy atom. The molecule has 7 heteroatoms. The van der Waals surface area contributed by atoms with Gasteiger partial charge in [0.25, 0.3) is 0 Å². The van der Waals surface area contributed by atoms with Gasteiger partial charge in [0.1, 0.15) is 5.58 Å². The number of amides is 1. The number of fused-ring (bicyclic) bond motifs is 1. The first-order chi connectivity index (χ1) is 15.2. The summed E-state index contributed by atoms with van der Waals surface area (Å²) in [5.41, 5.74) is 2.72. The molecule has 3 heterocycles. The highest BCUT2D eigenvalue weighted by Crippen LogP contribution is 2.28. The number of hydrogen-bond acceptors (Lipinski definition) is 4. The first-order valence-corrected chi connectivity index (χ1v) is 11.7. The molecule has 0 bridgehead atoms. The Bertz CT molecular complexity index is 1250. The van der Waals surface area contributed by atoms with Gasteiger partial charge in [0.15, 0.2) is 10.6 Å². The van der Waals surface area contributed by atoms with Gasteiger partial charge in [0, 0.05) is 41.8 Å². The normalized spacial score (nSPS) is 14.8. The minimum atomic E-state index is 0.263. The highest BCUT2D eigenvalue weighted by Gasteiger charge is 2.20. The minimum Gasteiger partial charge on any atom is -0.454 e. The Balaban J connectivity index is 1.50. The van der Waals surface area contributed by atoms with Gasteiger partial charge in [-0.15, -0.1) is 11.3 Å². The largest absolute Gasteiger partial charge is 0.454 e. The van der Waals surface area contributed by atoms with Gasteiger partial charge in [-0.25, -0.2) is 4.99 Å². The number of likely N-dealkylation sites (tertiary alicyclic amines) is 1. The number of rotatable bonds is 6. The molecule has 1 saturated heterocycles. The molecule has 0 atom stereocenters. The van der Waals surface area contributed by atoms with Crippen LogP contribution in [-0.2, 0) is 11.3 Å². The molecule has 31 heavy (non-hydrogen) atoms. The van der Waals surface area contributed by atoms with E-state index in [4.69, 9.17) is 21.0 Å². The lowest BCUT2D eigenvalue weighted by molar-refractivity contribution is -0.127. The SMILES string of the molecule is O=C1CCCN1CCCn1c(-c2cc3ccccc3o2)csc1=Nc1ccc(Cl)cc1. The number of para-hydroxylation sites is 1. The second-order valence-electron chi connectivity index (χ2n) is 7.63. The van der Waals surface area contributed by atoms with Crippen molar-refractivity contribution in [3.8, 4) is 11.5 Å². The zero-order chi connectivity index (χ0) is 21.2. The van der Waals surface area contributed by atoms with Crippen molar-refractivity contribution in [2.45, 2.75) is 25.8 Å². The molecule has 0 spiro atoms. The lowest BCUT2D eigenvalue weighted by atomic mass is 10.2. The monoisotopic (exact) mass is 451 g/mol. The molecule has 1 fully saturated rings. The van der Waals surface area contributed by atoms with Gasteiger partial charge in [-0.1, -0.05) is 29.8 Å². The number of thiazole rings is 1. The fourth-order valence-corrected chi connectivity index (χ4v) is 4.99. The van der Waals surface area contributed by atoms with Gasteiger partial charge in [-0.2, -0.15) is 0 Å². The van der Waals surface area contributed by atoms with Crippen LogP contribution in [0.25, 0.3) is 22.4 Å². The lowest BCUT2D eigenvalue weighted by Crippen LogP contribution is -2.27. The van der Waals surface area contributed by atoms with E-state index in [0.29, 0.717) is 11.4 Å². The Kier molecular flexibility index (Phi) is 5.66. The zero-order valence-electron chi connectivity index (χ0n) is 17.0. The van der Waals surface area contributed by atoms with E-state index in [9.17, 15) is 4.79 Å². The van der Waals surface area contributed by atoms with Crippen molar-refractivity contribution in [2.75, 3.05) is 13.1 Å². The summed E-state index contributed by atoms with van der Waals surface area (Å²) in [7, 11) is 0. The molecule has 2 aromatic heterocycles. The third kappa shape index (κ3) is 4.31. The molecule has 5 nitrogen and oxygen atoms in total. The Labute approximate surface area is 189 Å². The van der Waals surface area contributed by atoms with Crippen LogP contribution in [0.15, 0.2) is 69.4 Å². The standard InChI is InChI=1S/C24H22ClN3O2S/c25-18-8-10-19(11-9-18)26-24-28(14-4-13-27-12-3-7-23(27)29)20(16-31-24)22-15-17-5-1-2-6-21(17)30-22/h1-2,5-6,8-11,15-16H,3-4,7,12-14H2. The molecule has 0 unspecified atom stereocenters. The number of carbonyl (C=O) groups is 1. The van der Waals surface area contributed by atoms with E-state index < -0.39 is 0 Å². The molecular formula is C24H22ClN3O2S. The molecular weight excluding hydrogens is 430 g/mol. The predicted molar refractivity (Wildman–Crippen MR) is 125 cm³/mol. The topological polar surface area (TPSA) is 50.7 Å². The number of halogens is 1. The van der Waals surface area contributed by atoms with Crippen LogP contribution in [0.1, 0.15) is 19.3 Å². The predicted octanol–water partition coefficient (Wildman–Crippen LogP) is 5.86. The van der Waals surface area contributed by atoms with Gasteiger partial charge >= 0.3 is 0 Å². The molecule has 1 aliphatic heterocycles. The highest BCUT2D eigenvalue weighted by atomic mass is 35.5. The van der Waals surface area contributed by atoms with E-state index in [1.54, 1.807) is 11.3 Å². The molecule has 5 rings (SSSR count).